The number of para-hydroxylation sites is 1. The van der Waals surface area contributed by atoms with Crippen LogP contribution in [0.2, 0.25) is 0 Å². The van der Waals surface area contributed by atoms with Crippen LogP contribution in [0.1, 0.15) is 0 Å². The second-order valence-electron chi connectivity index (χ2n) is 3.51. The number of benzene rings is 1. The standard InChI is InChI=1S/C9H13Cl2FN2O2S2/c1-13(2)18(15,16)14(17(10,11)8-12)9-6-4-3-5-7-9/h3-7H,8H2,1-2H3. The fourth-order valence-electron chi connectivity index (χ4n) is 1.17. The zero-order chi connectivity index (χ0) is 14.0. The lowest BCUT2D eigenvalue weighted by molar-refractivity contribution is 0.522. The Labute approximate surface area is 117 Å². The van der Waals surface area contributed by atoms with Gasteiger partial charge in [-0.3, -0.25) is 0 Å². The van der Waals surface area contributed by atoms with Crippen molar-refractivity contribution in [2.45, 2.75) is 0 Å². The van der Waals surface area contributed by atoms with E-state index in [1.165, 1.54) is 26.2 Å². The highest BCUT2D eigenvalue weighted by Crippen LogP contribution is 2.64. The van der Waals surface area contributed by atoms with Crippen LogP contribution in [0.25, 0.3) is 0 Å². The van der Waals surface area contributed by atoms with Crippen LogP contribution in [0.4, 0.5) is 10.1 Å². The molecule has 4 nitrogen and oxygen atoms in total. The number of alkyl halides is 1. The molecular weight excluding hydrogens is 322 g/mol. The number of hydrogen-bond donors (Lipinski definition) is 0. The minimum atomic E-state index is -3.96. The van der Waals surface area contributed by atoms with Gasteiger partial charge in [-0.2, -0.15) is 16.4 Å². The molecule has 0 spiro atoms. The molecule has 0 amide bonds. The molecule has 0 atom stereocenters. The van der Waals surface area contributed by atoms with E-state index >= 15 is 0 Å². The van der Waals surface area contributed by atoms with Crippen molar-refractivity contribution in [3.05, 3.63) is 30.3 Å². The topological polar surface area (TPSA) is 40.6 Å². The van der Waals surface area contributed by atoms with E-state index in [1.807, 2.05) is 0 Å². The van der Waals surface area contributed by atoms with E-state index in [-0.39, 0.29) is 5.69 Å². The maximum absolute atomic E-state index is 12.9. The first-order valence-corrected chi connectivity index (χ1v) is 9.58. The fourth-order valence-corrected chi connectivity index (χ4v) is 5.75. The number of anilines is 1. The lowest BCUT2D eigenvalue weighted by Gasteiger charge is -2.37. The van der Waals surface area contributed by atoms with Gasteiger partial charge in [-0.15, -0.1) is 0 Å². The lowest BCUT2D eigenvalue weighted by Crippen LogP contribution is -2.39. The molecule has 0 aliphatic rings. The average molecular weight is 335 g/mol. The van der Waals surface area contributed by atoms with E-state index in [4.69, 9.17) is 21.4 Å². The summed E-state index contributed by atoms with van der Waals surface area (Å²) in [5.74, 6) is 0. The third kappa shape index (κ3) is 3.21. The molecule has 0 aromatic heterocycles. The van der Waals surface area contributed by atoms with Crippen LogP contribution in [0.5, 0.6) is 0 Å². The molecule has 0 saturated carbocycles. The van der Waals surface area contributed by atoms with E-state index < -0.39 is 24.9 Å². The molecule has 1 rings (SSSR count). The van der Waals surface area contributed by atoms with Crippen LogP contribution >= 0.6 is 30.0 Å². The third-order valence-corrected chi connectivity index (χ3v) is 7.67. The van der Waals surface area contributed by atoms with Gasteiger partial charge < -0.3 is 0 Å². The van der Waals surface area contributed by atoms with E-state index in [0.29, 0.717) is 0 Å². The van der Waals surface area contributed by atoms with Crippen LogP contribution in [0, 0.1) is 0 Å². The molecule has 9 heteroatoms. The highest BCUT2D eigenvalue weighted by Gasteiger charge is 2.38. The van der Waals surface area contributed by atoms with Gasteiger partial charge in [0.1, 0.15) is 0 Å². The van der Waals surface area contributed by atoms with E-state index in [1.54, 1.807) is 18.2 Å². The minimum Gasteiger partial charge on any atom is -0.237 e. The molecule has 18 heavy (non-hydrogen) atoms. The fraction of sp³-hybridized carbons (Fsp3) is 0.333. The van der Waals surface area contributed by atoms with Gasteiger partial charge in [0.25, 0.3) is 0 Å². The first-order valence-electron chi connectivity index (χ1n) is 4.77. The number of halogens is 3. The monoisotopic (exact) mass is 334 g/mol. The zero-order valence-electron chi connectivity index (χ0n) is 9.76. The van der Waals surface area contributed by atoms with Gasteiger partial charge in [0.15, 0.2) is 6.01 Å². The largest absolute Gasteiger partial charge is 0.313 e. The molecule has 0 radical (unpaired) electrons. The summed E-state index contributed by atoms with van der Waals surface area (Å²) in [5, 5.41) is 0. The second-order valence-corrected chi connectivity index (χ2v) is 10.9. The zero-order valence-corrected chi connectivity index (χ0v) is 12.9. The van der Waals surface area contributed by atoms with Crippen molar-refractivity contribution in [3.8, 4) is 0 Å². The summed E-state index contributed by atoms with van der Waals surface area (Å²) in [6.45, 7) is 0. The van der Waals surface area contributed by atoms with Crippen molar-refractivity contribution in [2.24, 2.45) is 0 Å². The van der Waals surface area contributed by atoms with Gasteiger partial charge in [0.2, 0.25) is 0 Å². The lowest BCUT2D eigenvalue weighted by atomic mass is 10.3. The van der Waals surface area contributed by atoms with Crippen LogP contribution in [-0.4, -0.2) is 32.8 Å². The Morgan fingerprint density at radius 2 is 1.67 bits per heavy atom. The predicted octanol–water partition coefficient (Wildman–Crippen LogP) is 3.25. The molecule has 0 aliphatic heterocycles. The van der Waals surface area contributed by atoms with Gasteiger partial charge in [0.05, 0.1) is 5.69 Å². The maximum atomic E-state index is 12.9. The molecule has 0 bridgehead atoms. The normalized spacial score (nSPS) is 13.7. The van der Waals surface area contributed by atoms with Crippen LogP contribution < -0.4 is 3.71 Å². The molecular formula is C9H13Cl2FN2O2S2. The molecule has 0 N–H and O–H groups in total. The summed E-state index contributed by atoms with van der Waals surface area (Å²) in [7, 11) is 7.24. The molecule has 0 unspecified atom stereocenters. The van der Waals surface area contributed by atoms with Crippen molar-refractivity contribution in [2.75, 3.05) is 23.8 Å². The van der Waals surface area contributed by atoms with Gasteiger partial charge in [-0.05, 0) is 33.5 Å². The second kappa shape index (κ2) is 5.83. The molecule has 0 saturated heterocycles. The van der Waals surface area contributed by atoms with Gasteiger partial charge >= 0.3 is 10.2 Å². The van der Waals surface area contributed by atoms with Crippen molar-refractivity contribution < 1.29 is 12.8 Å². The Morgan fingerprint density at radius 1 is 1.17 bits per heavy atom. The first-order chi connectivity index (χ1) is 8.23. The Morgan fingerprint density at radius 3 is 2.06 bits per heavy atom. The van der Waals surface area contributed by atoms with E-state index in [9.17, 15) is 12.8 Å². The Kier molecular flexibility index (Phi) is 5.13. The molecule has 0 heterocycles. The van der Waals surface area contributed by atoms with Crippen molar-refractivity contribution in [1.29, 1.82) is 0 Å². The van der Waals surface area contributed by atoms with Crippen LogP contribution in [0.15, 0.2) is 30.3 Å². The number of rotatable bonds is 5. The maximum Gasteiger partial charge on any atom is 0.313 e. The summed E-state index contributed by atoms with van der Waals surface area (Å²) < 4.78 is 39.0. The summed E-state index contributed by atoms with van der Waals surface area (Å²) >= 11 is 0. The molecule has 1 aromatic carbocycles. The Hall–Kier alpha value is -0.210. The van der Waals surface area contributed by atoms with Gasteiger partial charge in [0, 0.05) is 22.7 Å². The van der Waals surface area contributed by atoms with Crippen molar-refractivity contribution in [1.82, 2.24) is 4.31 Å². The average Bonchev–Trinajstić information content (AvgIpc) is 2.29. The van der Waals surface area contributed by atoms with Crippen LogP contribution in [0.3, 0.4) is 0 Å². The van der Waals surface area contributed by atoms with Gasteiger partial charge in [-0.25, -0.2) is 4.39 Å². The summed E-state index contributed by atoms with van der Waals surface area (Å²) in [4.78, 5) is 0. The minimum absolute atomic E-state index is 0.226. The van der Waals surface area contributed by atoms with Crippen LogP contribution in [-0.2, 0) is 10.2 Å². The van der Waals surface area contributed by atoms with Crippen molar-refractivity contribution in [3.63, 3.8) is 0 Å². The SMILES string of the molecule is CN(C)S(=O)(=O)N(c1ccccc1)S(Cl)(Cl)CF. The summed E-state index contributed by atoms with van der Waals surface area (Å²) in [6.07, 6.45) is 0. The number of nitrogens with zero attached hydrogens (tertiary/aromatic N) is 2. The van der Waals surface area contributed by atoms with E-state index in [2.05, 4.69) is 0 Å². The smallest absolute Gasteiger partial charge is 0.237 e. The van der Waals surface area contributed by atoms with E-state index in [0.717, 1.165) is 8.02 Å². The molecule has 1 aromatic rings. The molecule has 0 fully saturated rings. The summed E-state index contributed by atoms with van der Waals surface area (Å²) in [5.41, 5.74) is 0.226. The Balaban J connectivity index is 3.39. The predicted molar refractivity (Wildman–Crippen MR) is 76.8 cm³/mol. The highest BCUT2D eigenvalue weighted by atomic mass is 36.0. The summed E-state index contributed by atoms with van der Waals surface area (Å²) in [6, 6.07) is 6.80. The Bertz CT molecular complexity index is 497. The third-order valence-electron chi connectivity index (χ3n) is 2.01. The molecule has 0 aliphatic carbocycles. The quantitative estimate of drug-likeness (QED) is 0.829. The molecule has 104 valence electrons. The highest BCUT2D eigenvalue weighted by molar-refractivity contribution is 8.69. The number of hydrogen-bond acceptors (Lipinski definition) is 2. The first kappa shape index (κ1) is 15.8. The van der Waals surface area contributed by atoms with Gasteiger partial charge in [-0.1, -0.05) is 18.2 Å². The van der Waals surface area contributed by atoms with Crippen molar-refractivity contribution >= 4 is 45.9 Å².